The third-order valence-corrected chi connectivity index (χ3v) is 3.83. The van der Waals surface area contributed by atoms with Crippen molar-refractivity contribution in [2.24, 2.45) is 7.05 Å². The Labute approximate surface area is 108 Å². The minimum Gasteiger partial charge on any atom is -0.391 e. The first kappa shape index (κ1) is 12.9. The average molecular weight is 248 g/mol. The quantitative estimate of drug-likeness (QED) is 0.857. The molecule has 0 spiro atoms. The highest BCUT2D eigenvalue weighted by Gasteiger charge is 2.30. The monoisotopic (exact) mass is 248 g/mol. The van der Waals surface area contributed by atoms with Gasteiger partial charge >= 0.3 is 0 Å². The van der Waals surface area contributed by atoms with Gasteiger partial charge in [0.2, 0.25) is 0 Å². The van der Waals surface area contributed by atoms with Gasteiger partial charge in [0.15, 0.2) is 0 Å². The Morgan fingerprint density at radius 1 is 1.44 bits per heavy atom. The van der Waals surface area contributed by atoms with Crippen LogP contribution >= 0.6 is 0 Å². The summed E-state index contributed by atoms with van der Waals surface area (Å²) in [6.07, 6.45) is 3.71. The van der Waals surface area contributed by atoms with E-state index in [1.807, 2.05) is 25.9 Å². The van der Waals surface area contributed by atoms with E-state index in [1.54, 1.807) is 4.68 Å². The molecule has 0 radical (unpaired) electrons. The van der Waals surface area contributed by atoms with E-state index in [0.717, 1.165) is 37.2 Å². The van der Waals surface area contributed by atoms with Crippen molar-refractivity contribution < 1.29 is 5.11 Å². The molecule has 0 saturated heterocycles. The molecular formula is C13H20N4O. The molecule has 0 aliphatic heterocycles. The standard InChI is InChI=1S/C13H20N4O/c1-9-10(8-14)13(17(3)15-9)16(2)11-6-4-5-7-12(11)18/h11-12,18H,4-7H2,1-3H3. The molecule has 1 aromatic rings. The molecule has 98 valence electrons. The molecular weight excluding hydrogens is 228 g/mol. The highest BCUT2D eigenvalue weighted by Crippen LogP contribution is 2.29. The lowest BCUT2D eigenvalue weighted by Crippen LogP contribution is -2.44. The number of hydrogen-bond acceptors (Lipinski definition) is 4. The van der Waals surface area contributed by atoms with E-state index in [0.29, 0.717) is 5.56 Å². The normalized spacial score (nSPS) is 23.7. The van der Waals surface area contributed by atoms with E-state index in [9.17, 15) is 10.4 Å². The van der Waals surface area contributed by atoms with Crippen molar-refractivity contribution in [3.8, 4) is 6.07 Å². The topological polar surface area (TPSA) is 65.1 Å². The maximum Gasteiger partial charge on any atom is 0.145 e. The summed E-state index contributed by atoms with van der Waals surface area (Å²) >= 11 is 0. The summed E-state index contributed by atoms with van der Waals surface area (Å²) in [5.41, 5.74) is 1.35. The average Bonchev–Trinajstić information content (AvgIpc) is 2.63. The number of likely N-dealkylation sites (N-methyl/N-ethyl adjacent to an activating group) is 1. The number of anilines is 1. The molecule has 5 nitrogen and oxygen atoms in total. The first-order chi connectivity index (χ1) is 8.56. The number of aryl methyl sites for hydroxylation is 2. The van der Waals surface area contributed by atoms with Crippen molar-refractivity contribution in [1.82, 2.24) is 9.78 Å². The van der Waals surface area contributed by atoms with Crippen molar-refractivity contribution in [2.45, 2.75) is 44.8 Å². The van der Waals surface area contributed by atoms with Crippen LogP contribution in [0.1, 0.15) is 36.9 Å². The second-order valence-corrected chi connectivity index (χ2v) is 5.05. The molecule has 2 unspecified atom stereocenters. The van der Waals surface area contributed by atoms with Gasteiger partial charge in [-0.2, -0.15) is 10.4 Å². The molecule has 0 bridgehead atoms. The number of aliphatic hydroxyl groups excluding tert-OH is 1. The van der Waals surface area contributed by atoms with E-state index in [4.69, 9.17) is 0 Å². The third kappa shape index (κ3) is 2.08. The first-order valence-corrected chi connectivity index (χ1v) is 6.41. The van der Waals surface area contributed by atoms with Crippen LogP contribution < -0.4 is 4.90 Å². The Morgan fingerprint density at radius 3 is 2.72 bits per heavy atom. The molecule has 18 heavy (non-hydrogen) atoms. The molecule has 5 heteroatoms. The number of nitrogens with zero attached hydrogens (tertiary/aromatic N) is 4. The summed E-state index contributed by atoms with van der Waals surface area (Å²) in [5.74, 6) is 0.806. The molecule has 0 amide bonds. The summed E-state index contributed by atoms with van der Waals surface area (Å²) in [5, 5.41) is 23.6. The van der Waals surface area contributed by atoms with Crippen molar-refractivity contribution >= 4 is 5.82 Å². The molecule has 1 aliphatic carbocycles. The van der Waals surface area contributed by atoms with Crippen molar-refractivity contribution in [3.63, 3.8) is 0 Å². The number of nitriles is 1. The number of aliphatic hydroxyl groups is 1. The fourth-order valence-electron chi connectivity index (χ4n) is 2.88. The van der Waals surface area contributed by atoms with Crippen LogP contribution in [0.15, 0.2) is 0 Å². The van der Waals surface area contributed by atoms with Gasteiger partial charge in [0.25, 0.3) is 0 Å². The second kappa shape index (κ2) is 4.99. The minimum absolute atomic E-state index is 0.0839. The van der Waals surface area contributed by atoms with Crippen molar-refractivity contribution in [3.05, 3.63) is 11.3 Å². The zero-order valence-corrected chi connectivity index (χ0v) is 11.2. The zero-order chi connectivity index (χ0) is 13.3. The maximum absolute atomic E-state index is 10.1. The van der Waals surface area contributed by atoms with Gasteiger partial charge in [-0.1, -0.05) is 12.8 Å². The summed E-state index contributed by atoms with van der Waals surface area (Å²) in [7, 11) is 3.78. The predicted molar refractivity (Wildman–Crippen MR) is 69.3 cm³/mol. The molecule has 1 heterocycles. The van der Waals surface area contributed by atoms with Gasteiger partial charge in [-0.15, -0.1) is 0 Å². The van der Waals surface area contributed by atoms with Gasteiger partial charge in [0, 0.05) is 14.1 Å². The van der Waals surface area contributed by atoms with Crippen molar-refractivity contribution in [2.75, 3.05) is 11.9 Å². The lowest BCUT2D eigenvalue weighted by molar-refractivity contribution is 0.105. The zero-order valence-electron chi connectivity index (χ0n) is 11.2. The maximum atomic E-state index is 10.1. The van der Waals surface area contributed by atoms with Crippen LogP contribution in [0.25, 0.3) is 0 Å². The number of hydrogen-bond donors (Lipinski definition) is 1. The third-order valence-electron chi connectivity index (χ3n) is 3.83. The van der Waals surface area contributed by atoms with Gasteiger partial charge < -0.3 is 10.0 Å². The highest BCUT2D eigenvalue weighted by molar-refractivity contribution is 5.57. The van der Waals surface area contributed by atoms with E-state index >= 15 is 0 Å². The molecule has 1 N–H and O–H groups in total. The van der Waals surface area contributed by atoms with Crippen LogP contribution in [-0.2, 0) is 7.05 Å². The van der Waals surface area contributed by atoms with Crippen LogP contribution in [0, 0.1) is 18.3 Å². The first-order valence-electron chi connectivity index (χ1n) is 6.41. The molecule has 2 atom stereocenters. The van der Waals surface area contributed by atoms with E-state index in [-0.39, 0.29) is 12.1 Å². The van der Waals surface area contributed by atoms with Gasteiger partial charge in [-0.25, -0.2) is 0 Å². The number of aromatic nitrogens is 2. The Morgan fingerprint density at radius 2 is 2.11 bits per heavy atom. The van der Waals surface area contributed by atoms with E-state index in [1.165, 1.54) is 0 Å². The summed E-state index contributed by atoms with van der Waals surface area (Å²) < 4.78 is 1.73. The van der Waals surface area contributed by atoms with Gasteiger partial charge in [-0.05, 0) is 19.8 Å². The summed E-state index contributed by atoms with van der Waals surface area (Å²) in [6.45, 7) is 1.84. The van der Waals surface area contributed by atoms with E-state index in [2.05, 4.69) is 11.2 Å². The fourth-order valence-corrected chi connectivity index (χ4v) is 2.88. The van der Waals surface area contributed by atoms with Crippen LogP contribution in [0.2, 0.25) is 0 Å². The largest absolute Gasteiger partial charge is 0.391 e. The molecule has 2 rings (SSSR count). The minimum atomic E-state index is -0.314. The lowest BCUT2D eigenvalue weighted by Gasteiger charge is -2.36. The molecule has 1 saturated carbocycles. The van der Waals surface area contributed by atoms with Crippen molar-refractivity contribution in [1.29, 1.82) is 5.26 Å². The summed E-state index contributed by atoms with van der Waals surface area (Å²) in [4.78, 5) is 2.02. The van der Waals surface area contributed by atoms with Crippen LogP contribution in [0.5, 0.6) is 0 Å². The Bertz CT molecular complexity index is 474. The molecule has 0 aromatic carbocycles. The molecule has 1 fully saturated rings. The van der Waals surface area contributed by atoms with Crippen LogP contribution in [-0.4, -0.2) is 34.1 Å². The highest BCUT2D eigenvalue weighted by atomic mass is 16.3. The van der Waals surface area contributed by atoms with Gasteiger partial charge in [-0.3, -0.25) is 4.68 Å². The van der Waals surface area contributed by atoms with Gasteiger partial charge in [0.05, 0.1) is 17.8 Å². The second-order valence-electron chi connectivity index (χ2n) is 5.05. The van der Waals surface area contributed by atoms with Crippen LogP contribution in [0.3, 0.4) is 0 Å². The Hall–Kier alpha value is -1.54. The molecule has 1 aliphatic rings. The predicted octanol–water partition coefficient (Wildman–Crippen LogP) is 1.34. The SMILES string of the molecule is Cc1nn(C)c(N(C)C2CCCCC2O)c1C#N. The van der Waals surface area contributed by atoms with Crippen LogP contribution in [0.4, 0.5) is 5.82 Å². The molecule has 1 aromatic heterocycles. The number of rotatable bonds is 2. The Kier molecular flexibility index (Phi) is 3.58. The fraction of sp³-hybridized carbons (Fsp3) is 0.692. The van der Waals surface area contributed by atoms with E-state index < -0.39 is 0 Å². The smallest absolute Gasteiger partial charge is 0.145 e. The lowest BCUT2D eigenvalue weighted by atomic mass is 9.91. The van der Waals surface area contributed by atoms with Gasteiger partial charge in [0.1, 0.15) is 17.5 Å². The summed E-state index contributed by atoms with van der Waals surface area (Å²) in [6, 6.07) is 2.30. The Balaban J connectivity index is 2.33.